The van der Waals surface area contributed by atoms with Gasteiger partial charge in [-0.15, -0.1) is 0 Å². The highest BCUT2D eigenvalue weighted by molar-refractivity contribution is 5.92. The number of ether oxygens (including phenoxy) is 3. The summed E-state index contributed by atoms with van der Waals surface area (Å²) < 4.78 is 19.5. The molecule has 9 heteroatoms. The Hall–Kier alpha value is -3.46. The van der Waals surface area contributed by atoms with Crippen LogP contribution in [0.4, 0.5) is 0 Å². The summed E-state index contributed by atoms with van der Waals surface area (Å²) in [5, 5.41) is 7.52. The van der Waals surface area contributed by atoms with Gasteiger partial charge in [0.25, 0.3) is 5.91 Å². The van der Waals surface area contributed by atoms with Crippen LogP contribution in [0.1, 0.15) is 47.4 Å². The van der Waals surface area contributed by atoms with E-state index in [1.54, 1.807) is 23.1 Å². The lowest BCUT2D eigenvalue weighted by Gasteiger charge is -2.26. The standard InChI is InChI=1S/C26H29N5O4/c1-16-12-28-23(13-27-16)17-5-6-24-18(9-17)10-19(15-34-24)29-26(32)22-11-25-31(30-22)14-21(35-25)7-8-33-20-3-2-4-20/h5-6,9,11-13,19-21H,2-4,7-8,10,14-15H2,1H3,(H,29,32)/t19-,21?/m1/s1. The molecule has 35 heavy (non-hydrogen) atoms. The molecule has 0 spiro atoms. The second-order valence-corrected chi connectivity index (χ2v) is 9.55. The smallest absolute Gasteiger partial charge is 0.272 e. The number of aromatic nitrogens is 4. The van der Waals surface area contributed by atoms with Crippen molar-refractivity contribution in [2.24, 2.45) is 0 Å². The van der Waals surface area contributed by atoms with E-state index in [1.165, 1.54) is 19.3 Å². The lowest BCUT2D eigenvalue weighted by atomic mass is 9.96. The summed E-state index contributed by atoms with van der Waals surface area (Å²) in [5.74, 6) is 1.25. The number of hydrogen-bond donors (Lipinski definition) is 1. The third-order valence-electron chi connectivity index (χ3n) is 6.86. The van der Waals surface area contributed by atoms with E-state index >= 15 is 0 Å². The molecule has 4 heterocycles. The Kier molecular flexibility index (Phi) is 5.85. The van der Waals surface area contributed by atoms with E-state index in [9.17, 15) is 4.79 Å². The molecule has 1 aliphatic carbocycles. The predicted octanol–water partition coefficient (Wildman–Crippen LogP) is 3.10. The molecule has 1 fully saturated rings. The first-order valence-corrected chi connectivity index (χ1v) is 12.3. The van der Waals surface area contributed by atoms with Gasteiger partial charge in [0.2, 0.25) is 5.88 Å². The third-order valence-corrected chi connectivity index (χ3v) is 6.86. The Morgan fingerprint density at radius 2 is 2.14 bits per heavy atom. The molecule has 0 radical (unpaired) electrons. The minimum atomic E-state index is -0.224. The van der Waals surface area contributed by atoms with Crippen LogP contribution < -0.4 is 14.8 Å². The second kappa shape index (κ2) is 9.30. The molecule has 0 saturated heterocycles. The number of benzene rings is 1. The zero-order valence-electron chi connectivity index (χ0n) is 19.8. The second-order valence-electron chi connectivity index (χ2n) is 9.55. The number of aryl methyl sites for hydroxylation is 1. The number of rotatable bonds is 7. The first kappa shape index (κ1) is 22.0. The predicted molar refractivity (Wildman–Crippen MR) is 128 cm³/mol. The summed E-state index contributed by atoms with van der Waals surface area (Å²) >= 11 is 0. The van der Waals surface area contributed by atoms with Crippen molar-refractivity contribution in [3.8, 4) is 22.9 Å². The van der Waals surface area contributed by atoms with Gasteiger partial charge in [0.1, 0.15) is 18.5 Å². The minimum Gasteiger partial charge on any atom is -0.491 e. The number of carbonyl (C=O) groups excluding carboxylic acids is 1. The highest BCUT2D eigenvalue weighted by atomic mass is 16.5. The average Bonchev–Trinajstić information content (AvgIpc) is 3.40. The Labute approximate surface area is 203 Å². The minimum absolute atomic E-state index is 0.0466. The van der Waals surface area contributed by atoms with Gasteiger partial charge in [-0.3, -0.25) is 14.8 Å². The van der Waals surface area contributed by atoms with Crippen molar-refractivity contribution < 1.29 is 19.0 Å². The lowest BCUT2D eigenvalue weighted by molar-refractivity contribution is -0.00855. The highest BCUT2D eigenvalue weighted by Crippen LogP contribution is 2.30. The molecule has 182 valence electrons. The Morgan fingerprint density at radius 1 is 1.23 bits per heavy atom. The molecular weight excluding hydrogens is 446 g/mol. The molecule has 6 rings (SSSR count). The van der Waals surface area contributed by atoms with Crippen LogP contribution in [-0.4, -0.2) is 57.1 Å². The SMILES string of the molecule is Cc1cnc(-c2ccc3c(c2)C[C@@H](NC(=O)c2cc4n(n2)CC(CCOC2CCC2)O4)CO3)cn1. The first-order chi connectivity index (χ1) is 17.1. The van der Waals surface area contributed by atoms with Gasteiger partial charge in [0, 0.05) is 24.2 Å². The van der Waals surface area contributed by atoms with Crippen LogP contribution >= 0.6 is 0 Å². The molecule has 1 N–H and O–H groups in total. The van der Waals surface area contributed by atoms with Crippen LogP contribution in [0.15, 0.2) is 36.7 Å². The quantitative estimate of drug-likeness (QED) is 0.560. The van der Waals surface area contributed by atoms with Crippen LogP contribution in [-0.2, 0) is 17.7 Å². The van der Waals surface area contributed by atoms with Crippen molar-refractivity contribution in [2.45, 2.75) is 63.8 Å². The van der Waals surface area contributed by atoms with Crippen LogP contribution in [0.2, 0.25) is 0 Å². The number of fused-ring (bicyclic) bond motifs is 2. The van der Waals surface area contributed by atoms with Gasteiger partial charge in [-0.25, -0.2) is 4.68 Å². The summed E-state index contributed by atoms with van der Waals surface area (Å²) in [6, 6.07) is 7.56. The van der Waals surface area contributed by atoms with Gasteiger partial charge in [-0.05, 0) is 56.4 Å². The van der Waals surface area contributed by atoms with Gasteiger partial charge in [0.15, 0.2) is 5.69 Å². The van der Waals surface area contributed by atoms with E-state index in [0.717, 1.165) is 34.7 Å². The van der Waals surface area contributed by atoms with Gasteiger partial charge in [-0.2, -0.15) is 5.10 Å². The Bertz CT molecular complexity index is 1200. The molecule has 9 nitrogen and oxygen atoms in total. The van der Waals surface area contributed by atoms with Crippen LogP contribution in [0.3, 0.4) is 0 Å². The van der Waals surface area contributed by atoms with E-state index in [2.05, 4.69) is 26.4 Å². The van der Waals surface area contributed by atoms with E-state index < -0.39 is 0 Å². The largest absolute Gasteiger partial charge is 0.491 e. The Morgan fingerprint density at radius 3 is 2.91 bits per heavy atom. The maximum absolute atomic E-state index is 12.9. The van der Waals surface area contributed by atoms with Gasteiger partial charge >= 0.3 is 0 Å². The summed E-state index contributed by atoms with van der Waals surface area (Å²) in [6.07, 6.45) is 9.12. The first-order valence-electron chi connectivity index (χ1n) is 12.3. The molecule has 3 aromatic rings. The molecule has 3 aliphatic rings. The molecule has 1 aromatic carbocycles. The lowest BCUT2D eigenvalue weighted by Crippen LogP contribution is -2.43. The van der Waals surface area contributed by atoms with Gasteiger partial charge < -0.3 is 19.5 Å². The number of hydrogen-bond acceptors (Lipinski definition) is 7. The van der Waals surface area contributed by atoms with Crippen LogP contribution in [0, 0.1) is 6.92 Å². The average molecular weight is 476 g/mol. The van der Waals surface area contributed by atoms with Gasteiger partial charge in [0.05, 0.1) is 42.9 Å². The molecule has 1 unspecified atom stereocenters. The van der Waals surface area contributed by atoms with Crippen molar-refractivity contribution in [1.82, 2.24) is 25.1 Å². The summed E-state index contributed by atoms with van der Waals surface area (Å²) in [5.41, 5.74) is 4.05. The van der Waals surface area contributed by atoms with Crippen molar-refractivity contribution in [3.05, 3.63) is 53.6 Å². The number of nitrogens with one attached hydrogen (secondary N) is 1. The molecular formula is C26H29N5O4. The van der Waals surface area contributed by atoms with E-state index in [1.807, 2.05) is 19.1 Å². The fourth-order valence-electron chi connectivity index (χ4n) is 4.64. The summed E-state index contributed by atoms with van der Waals surface area (Å²) in [7, 11) is 0. The zero-order chi connectivity index (χ0) is 23.8. The van der Waals surface area contributed by atoms with Crippen molar-refractivity contribution in [2.75, 3.05) is 13.2 Å². The third kappa shape index (κ3) is 4.73. The normalized spacial score (nSPS) is 20.8. The highest BCUT2D eigenvalue weighted by Gasteiger charge is 2.29. The fraction of sp³-hybridized carbons (Fsp3) is 0.462. The number of amides is 1. The van der Waals surface area contributed by atoms with Crippen molar-refractivity contribution in [3.63, 3.8) is 0 Å². The van der Waals surface area contributed by atoms with E-state index in [0.29, 0.717) is 43.9 Å². The summed E-state index contributed by atoms with van der Waals surface area (Å²) in [6.45, 7) is 3.67. The number of nitrogens with zero attached hydrogens (tertiary/aromatic N) is 4. The maximum Gasteiger partial charge on any atom is 0.272 e. The zero-order valence-corrected chi connectivity index (χ0v) is 19.8. The summed E-state index contributed by atoms with van der Waals surface area (Å²) in [4.78, 5) is 21.7. The van der Waals surface area contributed by atoms with Gasteiger partial charge in [-0.1, -0.05) is 0 Å². The monoisotopic (exact) mass is 475 g/mol. The maximum atomic E-state index is 12.9. The molecule has 2 aromatic heterocycles. The van der Waals surface area contributed by atoms with E-state index in [4.69, 9.17) is 14.2 Å². The van der Waals surface area contributed by atoms with Crippen molar-refractivity contribution in [1.29, 1.82) is 0 Å². The fourth-order valence-corrected chi connectivity index (χ4v) is 4.64. The molecule has 2 aliphatic heterocycles. The molecule has 2 atom stereocenters. The topological polar surface area (TPSA) is 100 Å². The van der Waals surface area contributed by atoms with E-state index in [-0.39, 0.29) is 18.1 Å². The number of carbonyl (C=O) groups is 1. The molecule has 1 saturated carbocycles. The Balaban J connectivity index is 1.04. The molecule has 0 bridgehead atoms. The van der Waals surface area contributed by atoms with Crippen LogP contribution in [0.25, 0.3) is 11.3 Å². The van der Waals surface area contributed by atoms with Crippen LogP contribution in [0.5, 0.6) is 11.6 Å². The molecule has 1 amide bonds. The van der Waals surface area contributed by atoms with Crippen molar-refractivity contribution >= 4 is 5.91 Å².